The normalized spacial score (nSPS) is 24.9. The molecule has 1 saturated heterocycles. The molecule has 2 fully saturated rings. The van der Waals surface area contributed by atoms with E-state index in [1.165, 1.54) is 6.42 Å². The van der Waals surface area contributed by atoms with Crippen LogP contribution in [0.3, 0.4) is 0 Å². The van der Waals surface area contributed by atoms with E-state index in [2.05, 4.69) is 10.1 Å². The molecule has 2 aliphatic rings. The van der Waals surface area contributed by atoms with Crippen LogP contribution in [-0.4, -0.2) is 27.5 Å². The van der Waals surface area contributed by atoms with Crippen molar-refractivity contribution in [1.82, 2.24) is 15.0 Å². The van der Waals surface area contributed by atoms with Gasteiger partial charge in [0, 0.05) is 19.4 Å². The number of nitrogens with zero attached hydrogens (tertiary/aromatic N) is 3. The molecule has 1 unspecified atom stereocenters. The van der Waals surface area contributed by atoms with Crippen LogP contribution >= 0.6 is 0 Å². The highest BCUT2D eigenvalue weighted by atomic mass is 16.5. The number of rotatable bonds is 2. The van der Waals surface area contributed by atoms with E-state index in [0.717, 1.165) is 38.6 Å². The lowest BCUT2D eigenvalue weighted by Gasteiger charge is -2.38. The van der Waals surface area contributed by atoms with Gasteiger partial charge in [0.2, 0.25) is 11.8 Å². The molecule has 1 aliphatic heterocycles. The van der Waals surface area contributed by atoms with Crippen molar-refractivity contribution in [3.8, 4) is 0 Å². The van der Waals surface area contributed by atoms with Crippen LogP contribution in [0, 0.1) is 12.8 Å². The number of hydrogen-bond acceptors (Lipinski definition) is 4. The second kappa shape index (κ2) is 4.71. The van der Waals surface area contributed by atoms with Crippen LogP contribution in [0.4, 0.5) is 0 Å². The smallest absolute Gasteiger partial charge is 0.226 e. The Morgan fingerprint density at radius 3 is 2.72 bits per heavy atom. The van der Waals surface area contributed by atoms with E-state index in [-0.39, 0.29) is 12.0 Å². The fourth-order valence-electron chi connectivity index (χ4n) is 2.80. The average Bonchev–Trinajstić information content (AvgIpc) is 2.73. The predicted octanol–water partition coefficient (Wildman–Crippen LogP) is 2.23. The number of carbonyl (C=O) groups is 1. The van der Waals surface area contributed by atoms with Crippen molar-refractivity contribution in [2.24, 2.45) is 5.92 Å². The Morgan fingerprint density at radius 1 is 1.28 bits per heavy atom. The molecule has 5 heteroatoms. The molecule has 2 heterocycles. The standard InChI is InChI=1S/C13H19N3O2/c1-9-14-12(15-18-9)11-7-2-3-8-16(11)13(17)10-5-4-6-10/h10-11H,2-8H2,1H3. The number of amides is 1. The summed E-state index contributed by atoms with van der Waals surface area (Å²) in [6.07, 6.45) is 6.47. The molecule has 5 nitrogen and oxygen atoms in total. The Bertz CT molecular complexity index is 439. The third-order valence-corrected chi connectivity index (χ3v) is 4.08. The van der Waals surface area contributed by atoms with Crippen molar-refractivity contribution in [2.45, 2.75) is 51.5 Å². The molecule has 1 aromatic rings. The highest BCUT2D eigenvalue weighted by Crippen LogP contribution is 2.35. The van der Waals surface area contributed by atoms with Gasteiger partial charge in [-0.25, -0.2) is 0 Å². The number of carbonyl (C=O) groups excluding carboxylic acids is 1. The molecule has 3 rings (SSSR count). The second-order valence-corrected chi connectivity index (χ2v) is 5.34. The van der Waals surface area contributed by atoms with Gasteiger partial charge in [-0.1, -0.05) is 11.6 Å². The quantitative estimate of drug-likeness (QED) is 0.806. The number of likely N-dealkylation sites (tertiary alicyclic amines) is 1. The Kier molecular flexibility index (Phi) is 3.06. The summed E-state index contributed by atoms with van der Waals surface area (Å²) in [6, 6.07) is 0.0318. The van der Waals surface area contributed by atoms with Gasteiger partial charge in [0.15, 0.2) is 5.82 Å². The van der Waals surface area contributed by atoms with Crippen molar-refractivity contribution < 1.29 is 9.32 Å². The maximum atomic E-state index is 12.4. The van der Waals surface area contributed by atoms with E-state index >= 15 is 0 Å². The molecular formula is C13H19N3O2. The predicted molar refractivity (Wildman–Crippen MR) is 64.7 cm³/mol. The molecule has 1 saturated carbocycles. The lowest BCUT2D eigenvalue weighted by Crippen LogP contribution is -2.44. The van der Waals surface area contributed by atoms with Gasteiger partial charge in [0.25, 0.3) is 0 Å². The van der Waals surface area contributed by atoms with Gasteiger partial charge < -0.3 is 9.42 Å². The second-order valence-electron chi connectivity index (χ2n) is 5.34. The highest BCUT2D eigenvalue weighted by Gasteiger charge is 2.36. The Balaban J connectivity index is 1.79. The van der Waals surface area contributed by atoms with E-state index in [9.17, 15) is 4.79 Å². The molecule has 0 radical (unpaired) electrons. The van der Waals surface area contributed by atoms with Crippen molar-refractivity contribution in [3.05, 3.63) is 11.7 Å². The first kappa shape index (κ1) is 11.7. The Labute approximate surface area is 107 Å². The lowest BCUT2D eigenvalue weighted by molar-refractivity contribution is -0.142. The van der Waals surface area contributed by atoms with Crippen LogP contribution < -0.4 is 0 Å². The van der Waals surface area contributed by atoms with Crippen molar-refractivity contribution in [2.75, 3.05) is 6.54 Å². The molecule has 1 atom stereocenters. The third-order valence-electron chi connectivity index (χ3n) is 4.08. The van der Waals surface area contributed by atoms with Crippen LogP contribution in [0.5, 0.6) is 0 Å². The molecule has 0 spiro atoms. The lowest BCUT2D eigenvalue weighted by atomic mass is 9.83. The van der Waals surface area contributed by atoms with Crippen LogP contribution in [-0.2, 0) is 4.79 Å². The number of aromatic nitrogens is 2. The maximum absolute atomic E-state index is 12.4. The zero-order valence-corrected chi connectivity index (χ0v) is 10.8. The Hall–Kier alpha value is -1.39. The van der Waals surface area contributed by atoms with Gasteiger partial charge in [-0.3, -0.25) is 4.79 Å². The zero-order chi connectivity index (χ0) is 12.5. The van der Waals surface area contributed by atoms with Gasteiger partial charge in [0.05, 0.1) is 6.04 Å². The van der Waals surface area contributed by atoms with Crippen molar-refractivity contribution in [1.29, 1.82) is 0 Å². The minimum absolute atomic E-state index is 0.0318. The van der Waals surface area contributed by atoms with E-state index in [1.807, 2.05) is 4.90 Å². The first-order chi connectivity index (χ1) is 8.75. The summed E-state index contributed by atoms with van der Waals surface area (Å²) in [5.41, 5.74) is 0. The molecule has 98 valence electrons. The third kappa shape index (κ3) is 2.02. The first-order valence-electron chi connectivity index (χ1n) is 6.86. The molecular weight excluding hydrogens is 230 g/mol. The van der Waals surface area contributed by atoms with Crippen molar-refractivity contribution in [3.63, 3.8) is 0 Å². The van der Waals surface area contributed by atoms with Crippen LogP contribution in [0.15, 0.2) is 4.52 Å². The number of piperidine rings is 1. The molecule has 1 amide bonds. The van der Waals surface area contributed by atoms with Crippen molar-refractivity contribution >= 4 is 5.91 Å². The molecule has 1 aromatic heterocycles. The van der Waals surface area contributed by atoms with Gasteiger partial charge in [-0.2, -0.15) is 4.98 Å². The average molecular weight is 249 g/mol. The van der Waals surface area contributed by atoms with E-state index in [0.29, 0.717) is 17.6 Å². The van der Waals surface area contributed by atoms with Crippen LogP contribution in [0.1, 0.15) is 56.3 Å². The number of aryl methyl sites for hydroxylation is 1. The summed E-state index contributed by atoms with van der Waals surface area (Å²) in [5, 5.41) is 4.00. The zero-order valence-electron chi connectivity index (χ0n) is 10.8. The van der Waals surface area contributed by atoms with E-state index < -0.39 is 0 Å². The minimum atomic E-state index is 0.0318. The Morgan fingerprint density at radius 2 is 2.11 bits per heavy atom. The largest absolute Gasteiger partial charge is 0.340 e. The summed E-state index contributed by atoms with van der Waals surface area (Å²) >= 11 is 0. The highest BCUT2D eigenvalue weighted by molar-refractivity contribution is 5.80. The van der Waals surface area contributed by atoms with E-state index in [4.69, 9.17) is 4.52 Å². The monoisotopic (exact) mass is 249 g/mol. The number of hydrogen-bond donors (Lipinski definition) is 0. The molecule has 0 bridgehead atoms. The van der Waals surface area contributed by atoms with Gasteiger partial charge in [-0.15, -0.1) is 0 Å². The molecule has 0 N–H and O–H groups in total. The molecule has 18 heavy (non-hydrogen) atoms. The fraction of sp³-hybridized carbons (Fsp3) is 0.769. The SMILES string of the molecule is Cc1nc(C2CCCCN2C(=O)C2CCC2)no1. The summed E-state index contributed by atoms with van der Waals surface area (Å²) in [7, 11) is 0. The van der Waals surface area contributed by atoms with Gasteiger partial charge in [-0.05, 0) is 32.1 Å². The summed E-state index contributed by atoms with van der Waals surface area (Å²) in [6.45, 7) is 2.63. The molecule has 1 aliphatic carbocycles. The van der Waals surface area contributed by atoms with Gasteiger partial charge in [0.1, 0.15) is 0 Å². The summed E-state index contributed by atoms with van der Waals surface area (Å²) < 4.78 is 5.05. The topological polar surface area (TPSA) is 59.2 Å². The molecule has 0 aromatic carbocycles. The summed E-state index contributed by atoms with van der Waals surface area (Å²) in [5.74, 6) is 1.80. The summed E-state index contributed by atoms with van der Waals surface area (Å²) in [4.78, 5) is 18.7. The van der Waals surface area contributed by atoms with Crippen LogP contribution in [0.25, 0.3) is 0 Å². The van der Waals surface area contributed by atoms with Crippen LogP contribution in [0.2, 0.25) is 0 Å². The maximum Gasteiger partial charge on any atom is 0.226 e. The first-order valence-corrected chi connectivity index (χ1v) is 6.86. The fourth-order valence-corrected chi connectivity index (χ4v) is 2.80. The minimum Gasteiger partial charge on any atom is -0.340 e. The van der Waals surface area contributed by atoms with Gasteiger partial charge >= 0.3 is 0 Å². The van der Waals surface area contributed by atoms with E-state index in [1.54, 1.807) is 6.92 Å².